The number of thioether (sulfide) groups is 1. The second-order valence-electron chi connectivity index (χ2n) is 7.10. The lowest BCUT2D eigenvalue weighted by Gasteiger charge is -2.39. The Kier molecular flexibility index (Phi) is 5.55. The Labute approximate surface area is 169 Å². The molecular weight excluding hydrogens is 370 g/mol. The molecule has 1 aromatic heterocycles. The Morgan fingerprint density at radius 1 is 1.07 bits per heavy atom. The maximum atomic E-state index is 11.7. The monoisotopic (exact) mass is 393 g/mol. The molecule has 1 saturated heterocycles. The van der Waals surface area contributed by atoms with Gasteiger partial charge in [0, 0.05) is 36.9 Å². The number of benzene rings is 2. The number of hydrogen-bond acceptors (Lipinski definition) is 3. The summed E-state index contributed by atoms with van der Waals surface area (Å²) in [5.74, 6) is -1.14. The van der Waals surface area contributed by atoms with Crippen LogP contribution in [0.1, 0.15) is 24.0 Å². The number of ether oxygens (including phenoxy) is 1. The second kappa shape index (κ2) is 8.25. The number of carbonyl (C=O) groups is 1. The SMILES string of the molecule is O=C(O)C1CCOC(Sc2ccccc2)(c2ccc(Cn3cccc3)cc2)C1. The van der Waals surface area contributed by atoms with Crippen molar-refractivity contribution in [1.29, 1.82) is 0 Å². The zero-order chi connectivity index (χ0) is 19.4. The maximum absolute atomic E-state index is 11.7. The van der Waals surface area contributed by atoms with Crippen molar-refractivity contribution in [3.63, 3.8) is 0 Å². The minimum absolute atomic E-state index is 0.399. The summed E-state index contributed by atoms with van der Waals surface area (Å²) in [4.78, 5) is 12.1. The topological polar surface area (TPSA) is 51.5 Å². The fraction of sp³-hybridized carbons (Fsp3) is 0.261. The molecule has 0 radical (unpaired) electrons. The first-order chi connectivity index (χ1) is 13.6. The van der Waals surface area contributed by atoms with Gasteiger partial charge in [0.1, 0.15) is 4.93 Å². The van der Waals surface area contributed by atoms with Crippen LogP contribution < -0.4 is 0 Å². The second-order valence-corrected chi connectivity index (χ2v) is 8.43. The molecular formula is C23H23NO3S. The van der Waals surface area contributed by atoms with E-state index in [1.54, 1.807) is 11.8 Å². The summed E-state index contributed by atoms with van der Waals surface area (Å²) in [6, 6.07) is 22.5. The molecule has 0 spiro atoms. The summed E-state index contributed by atoms with van der Waals surface area (Å²) in [6.07, 6.45) is 5.10. The molecule has 1 fully saturated rings. The fourth-order valence-corrected chi connectivity index (χ4v) is 4.98. The van der Waals surface area contributed by atoms with E-state index < -0.39 is 16.8 Å². The van der Waals surface area contributed by atoms with Gasteiger partial charge in [-0.25, -0.2) is 0 Å². The summed E-state index contributed by atoms with van der Waals surface area (Å²) < 4.78 is 8.40. The van der Waals surface area contributed by atoms with Crippen molar-refractivity contribution in [3.8, 4) is 0 Å². The van der Waals surface area contributed by atoms with Crippen LogP contribution in [-0.4, -0.2) is 22.2 Å². The Bertz CT molecular complexity index is 909. The van der Waals surface area contributed by atoms with Crippen molar-refractivity contribution in [3.05, 3.63) is 90.3 Å². The lowest BCUT2D eigenvalue weighted by Crippen LogP contribution is -2.37. The summed E-state index contributed by atoms with van der Waals surface area (Å²) in [5.41, 5.74) is 2.22. The highest BCUT2D eigenvalue weighted by Crippen LogP contribution is 2.49. The molecule has 3 aromatic rings. The molecule has 4 rings (SSSR count). The molecule has 1 aliphatic heterocycles. The van der Waals surface area contributed by atoms with E-state index >= 15 is 0 Å². The third kappa shape index (κ3) is 4.16. The van der Waals surface area contributed by atoms with Crippen molar-refractivity contribution in [2.45, 2.75) is 29.2 Å². The molecule has 0 aliphatic carbocycles. The first kappa shape index (κ1) is 18.8. The quantitative estimate of drug-likeness (QED) is 0.641. The van der Waals surface area contributed by atoms with Gasteiger partial charge in [0.2, 0.25) is 0 Å². The van der Waals surface area contributed by atoms with Gasteiger partial charge in [-0.15, -0.1) is 0 Å². The van der Waals surface area contributed by atoms with E-state index in [-0.39, 0.29) is 0 Å². The molecule has 144 valence electrons. The molecule has 1 N–H and O–H groups in total. The largest absolute Gasteiger partial charge is 0.481 e. The van der Waals surface area contributed by atoms with Crippen LogP contribution in [0.4, 0.5) is 0 Å². The molecule has 5 heteroatoms. The van der Waals surface area contributed by atoms with Crippen LogP contribution in [0.3, 0.4) is 0 Å². The van der Waals surface area contributed by atoms with Gasteiger partial charge in [-0.3, -0.25) is 4.79 Å². The van der Waals surface area contributed by atoms with E-state index in [1.165, 1.54) is 5.56 Å². The normalized spacial score (nSPS) is 22.1. The van der Waals surface area contributed by atoms with Crippen molar-refractivity contribution in [1.82, 2.24) is 4.57 Å². The third-order valence-electron chi connectivity index (χ3n) is 5.12. The fourth-order valence-electron chi connectivity index (χ4n) is 3.62. The van der Waals surface area contributed by atoms with Crippen LogP contribution in [0, 0.1) is 5.92 Å². The van der Waals surface area contributed by atoms with Gasteiger partial charge in [0.05, 0.1) is 5.92 Å². The molecule has 2 atom stereocenters. The zero-order valence-corrected chi connectivity index (χ0v) is 16.3. The first-order valence-corrected chi connectivity index (χ1v) is 10.3. The number of carboxylic acids is 1. The number of carboxylic acid groups (broad SMARTS) is 1. The van der Waals surface area contributed by atoms with E-state index in [1.807, 2.05) is 54.9 Å². The molecule has 4 nitrogen and oxygen atoms in total. The van der Waals surface area contributed by atoms with Gasteiger partial charge in [0.25, 0.3) is 0 Å². The van der Waals surface area contributed by atoms with Crippen molar-refractivity contribution in [2.24, 2.45) is 5.92 Å². The highest BCUT2D eigenvalue weighted by Gasteiger charge is 2.42. The summed E-state index contributed by atoms with van der Waals surface area (Å²) in [6.45, 7) is 1.26. The van der Waals surface area contributed by atoms with E-state index in [0.29, 0.717) is 19.4 Å². The predicted molar refractivity (Wildman–Crippen MR) is 110 cm³/mol. The predicted octanol–water partition coefficient (Wildman–Crippen LogP) is 4.99. The van der Waals surface area contributed by atoms with E-state index in [2.05, 4.69) is 28.8 Å². The van der Waals surface area contributed by atoms with E-state index in [0.717, 1.165) is 17.0 Å². The smallest absolute Gasteiger partial charge is 0.306 e. The van der Waals surface area contributed by atoms with Gasteiger partial charge < -0.3 is 14.4 Å². The van der Waals surface area contributed by atoms with Gasteiger partial charge in [-0.1, -0.05) is 54.2 Å². The summed E-state index contributed by atoms with van der Waals surface area (Å²) >= 11 is 1.61. The molecule has 0 bridgehead atoms. The highest BCUT2D eigenvalue weighted by molar-refractivity contribution is 8.00. The lowest BCUT2D eigenvalue weighted by molar-refractivity contribution is -0.148. The molecule has 1 aliphatic rings. The Hall–Kier alpha value is -2.50. The van der Waals surface area contributed by atoms with Gasteiger partial charge in [-0.05, 0) is 41.8 Å². The highest BCUT2D eigenvalue weighted by atomic mass is 32.2. The number of hydrogen-bond donors (Lipinski definition) is 1. The average molecular weight is 394 g/mol. The number of aromatic nitrogens is 1. The van der Waals surface area contributed by atoms with Crippen LogP contribution in [0.2, 0.25) is 0 Å². The zero-order valence-electron chi connectivity index (χ0n) is 15.5. The van der Waals surface area contributed by atoms with Crippen LogP contribution in [0.5, 0.6) is 0 Å². The summed E-state index contributed by atoms with van der Waals surface area (Å²) in [7, 11) is 0. The van der Waals surface area contributed by atoms with Crippen LogP contribution in [0.25, 0.3) is 0 Å². The average Bonchev–Trinajstić information content (AvgIpc) is 3.22. The van der Waals surface area contributed by atoms with Crippen LogP contribution in [-0.2, 0) is 21.0 Å². The standard InChI is InChI=1S/C23H23NO3S/c25-22(26)19-12-15-27-23(16-19,28-21-6-2-1-3-7-21)20-10-8-18(9-11-20)17-24-13-4-5-14-24/h1-11,13-14,19H,12,15-17H2,(H,25,26). The van der Waals surface area contributed by atoms with Crippen LogP contribution in [0.15, 0.2) is 84.0 Å². The Morgan fingerprint density at radius 2 is 1.79 bits per heavy atom. The van der Waals surface area contributed by atoms with Gasteiger partial charge >= 0.3 is 5.97 Å². The van der Waals surface area contributed by atoms with E-state index in [9.17, 15) is 9.90 Å². The minimum Gasteiger partial charge on any atom is -0.481 e. The maximum Gasteiger partial charge on any atom is 0.306 e. The van der Waals surface area contributed by atoms with E-state index in [4.69, 9.17) is 4.74 Å². The van der Waals surface area contributed by atoms with Crippen molar-refractivity contribution in [2.75, 3.05) is 6.61 Å². The molecule has 2 aromatic carbocycles. The molecule has 28 heavy (non-hydrogen) atoms. The molecule has 0 amide bonds. The Balaban J connectivity index is 1.63. The number of rotatable bonds is 6. The third-order valence-corrected chi connectivity index (χ3v) is 6.47. The summed E-state index contributed by atoms with van der Waals surface area (Å²) in [5, 5.41) is 9.60. The van der Waals surface area contributed by atoms with Gasteiger partial charge in [-0.2, -0.15) is 0 Å². The number of aliphatic carboxylic acids is 1. The molecule has 2 heterocycles. The minimum atomic E-state index is -0.745. The van der Waals surface area contributed by atoms with Crippen molar-refractivity contribution < 1.29 is 14.6 Å². The Morgan fingerprint density at radius 3 is 2.46 bits per heavy atom. The number of nitrogens with zero attached hydrogens (tertiary/aromatic N) is 1. The molecule has 2 unspecified atom stereocenters. The van der Waals surface area contributed by atoms with Crippen LogP contribution >= 0.6 is 11.8 Å². The van der Waals surface area contributed by atoms with Gasteiger partial charge in [0.15, 0.2) is 0 Å². The first-order valence-electron chi connectivity index (χ1n) is 9.46. The van der Waals surface area contributed by atoms with Crippen molar-refractivity contribution >= 4 is 17.7 Å². The molecule has 0 saturated carbocycles. The lowest BCUT2D eigenvalue weighted by atomic mass is 9.91.